The Kier molecular flexibility index (Phi) is 5.70. The van der Waals surface area contributed by atoms with Crippen LogP contribution in [0.2, 0.25) is 0 Å². The molecule has 1 N–H and O–H groups in total. The average molecular weight is 459 g/mol. The van der Waals surface area contributed by atoms with E-state index < -0.39 is 0 Å². The van der Waals surface area contributed by atoms with Crippen LogP contribution in [0.25, 0.3) is 21.8 Å². The molecule has 2 heterocycles. The van der Waals surface area contributed by atoms with Crippen molar-refractivity contribution in [3.63, 3.8) is 0 Å². The van der Waals surface area contributed by atoms with Crippen LogP contribution in [-0.4, -0.2) is 20.7 Å². The van der Waals surface area contributed by atoms with E-state index in [2.05, 4.69) is 27.6 Å². The molecule has 1 amide bonds. The van der Waals surface area contributed by atoms with Crippen molar-refractivity contribution >= 4 is 55.9 Å². The molecule has 5 rings (SSSR count). The molecule has 0 saturated carbocycles. The van der Waals surface area contributed by atoms with Crippen molar-refractivity contribution in [3.05, 3.63) is 94.6 Å². The fourth-order valence-corrected chi connectivity index (χ4v) is 5.31. The Morgan fingerprint density at radius 3 is 2.19 bits per heavy atom. The fraction of sp³-hybridized carbons (Fsp3) is 0.0833. The molecule has 158 valence electrons. The van der Waals surface area contributed by atoms with E-state index in [0.717, 1.165) is 21.1 Å². The van der Waals surface area contributed by atoms with Crippen molar-refractivity contribution in [1.29, 1.82) is 0 Å². The number of fused-ring (bicyclic) bond motifs is 2. The molecular weight excluding hydrogens is 440 g/mol. The van der Waals surface area contributed by atoms with Gasteiger partial charge in [-0.1, -0.05) is 77.7 Å². The van der Waals surface area contributed by atoms with E-state index in [9.17, 15) is 9.59 Å². The van der Waals surface area contributed by atoms with E-state index in [1.54, 1.807) is 23.9 Å². The summed E-state index contributed by atoms with van der Waals surface area (Å²) in [6.45, 7) is 0.0629. The van der Waals surface area contributed by atoms with Crippen molar-refractivity contribution in [2.24, 2.45) is 0 Å². The number of rotatable bonds is 6. The van der Waals surface area contributed by atoms with E-state index in [0.29, 0.717) is 15.9 Å². The van der Waals surface area contributed by atoms with E-state index in [-0.39, 0.29) is 17.9 Å². The average Bonchev–Trinajstić information content (AvgIpc) is 3.28. The minimum Gasteiger partial charge on any atom is -0.331 e. The van der Waals surface area contributed by atoms with Gasteiger partial charge in [0.2, 0.25) is 11.0 Å². The summed E-state index contributed by atoms with van der Waals surface area (Å²) in [6, 6.07) is 24.8. The molecule has 2 aromatic heterocycles. The third kappa shape index (κ3) is 4.15. The molecule has 32 heavy (non-hydrogen) atoms. The number of carbonyl (C=O) groups is 1. The molecule has 0 spiro atoms. The first-order valence-electron chi connectivity index (χ1n) is 9.99. The molecule has 0 aliphatic carbocycles. The Labute approximate surface area is 191 Å². The van der Waals surface area contributed by atoms with Gasteiger partial charge in [0.05, 0.1) is 11.0 Å². The molecule has 0 bridgehead atoms. The van der Waals surface area contributed by atoms with Gasteiger partial charge in [-0.3, -0.25) is 14.9 Å². The maximum absolute atomic E-state index is 12.9. The molecule has 0 aliphatic heterocycles. The molecular formula is C24H18N4O2S2. The lowest BCUT2D eigenvalue weighted by Gasteiger charge is -2.14. The van der Waals surface area contributed by atoms with Crippen LogP contribution in [0.4, 0.5) is 5.13 Å². The van der Waals surface area contributed by atoms with Gasteiger partial charge in [-0.25, -0.2) is 0 Å². The first-order valence-corrected chi connectivity index (χ1v) is 11.8. The predicted octanol–water partition coefficient (Wildman–Crippen LogP) is 4.94. The summed E-state index contributed by atoms with van der Waals surface area (Å²) in [4.78, 5) is 25.7. The first-order chi connectivity index (χ1) is 15.7. The monoisotopic (exact) mass is 458 g/mol. The number of anilines is 1. The van der Waals surface area contributed by atoms with E-state index in [4.69, 9.17) is 0 Å². The van der Waals surface area contributed by atoms with Crippen LogP contribution in [0.3, 0.4) is 0 Å². The third-order valence-electron chi connectivity index (χ3n) is 5.04. The van der Waals surface area contributed by atoms with Crippen molar-refractivity contribution in [2.75, 3.05) is 5.32 Å². The molecule has 0 unspecified atom stereocenters. The van der Waals surface area contributed by atoms with Gasteiger partial charge in [-0.2, -0.15) is 0 Å². The van der Waals surface area contributed by atoms with Crippen molar-refractivity contribution < 1.29 is 4.79 Å². The Bertz CT molecular complexity index is 1420. The Balaban J connectivity index is 1.36. The van der Waals surface area contributed by atoms with E-state index >= 15 is 0 Å². The molecule has 0 aliphatic rings. The van der Waals surface area contributed by atoms with Crippen LogP contribution in [-0.2, 0) is 17.1 Å². The standard InChI is InChI=1S/C24H18N4O2S2/c29-21(25-23-26-27-24(32-23)31-15-16-8-2-1-3-9-16)14-28-19-12-6-4-10-17(19)22(30)18-11-5-7-13-20(18)28/h1-13H,14-15H2,(H,25,26,29). The Hall–Kier alpha value is -3.49. The molecule has 6 nitrogen and oxygen atoms in total. The van der Waals surface area contributed by atoms with Crippen LogP contribution < -0.4 is 10.7 Å². The zero-order valence-corrected chi connectivity index (χ0v) is 18.5. The van der Waals surface area contributed by atoms with Crippen LogP contribution in [0.5, 0.6) is 0 Å². The number of nitrogens with zero attached hydrogens (tertiary/aromatic N) is 3. The predicted molar refractivity (Wildman–Crippen MR) is 130 cm³/mol. The summed E-state index contributed by atoms with van der Waals surface area (Å²) in [6.07, 6.45) is 0. The highest BCUT2D eigenvalue weighted by atomic mass is 32.2. The zero-order chi connectivity index (χ0) is 21.9. The number of hydrogen-bond donors (Lipinski definition) is 1. The van der Waals surface area contributed by atoms with Gasteiger partial charge in [0.25, 0.3) is 0 Å². The fourth-order valence-electron chi connectivity index (χ4n) is 3.59. The normalized spacial score (nSPS) is 11.1. The van der Waals surface area contributed by atoms with Gasteiger partial charge in [0.1, 0.15) is 6.54 Å². The van der Waals surface area contributed by atoms with Crippen molar-refractivity contribution in [2.45, 2.75) is 16.6 Å². The molecule has 0 fully saturated rings. The van der Waals surface area contributed by atoms with Gasteiger partial charge in [-0.05, 0) is 29.8 Å². The molecule has 0 radical (unpaired) electrons. The zero-order valence-electron chi connectivity index (χ0n) is 16.9. The number of pyridine rings is 1. The maximum atomic E-state index is 12.9. The SMILES string of the molecule is O=C(Cn1c2ccccc2c(=O)c2ccccc21)Nc1nnc(SCc2ccccc2)s1. The first kappa shape index (κ1) is 20.4. The summed E-state index contributed by atoms with van der Waals surface area (Å²) in [5.41, 5.74) is 2.62. The smallest absolute Gasteiger partial charge is 0.246 e. The topological polar surface area (TPSA) is 76.9 Å². The minimum atomic E-state index is -0.222. The number of nitrogens with one attached hydrogen (secondary N) is 1. The maximum Gasteiger partial charge on any atom is 0.246 e. The molecule has 0 saturated heterocycles. The highest BCUT2D eigenvalue weighted by Crippen LogP contribution is 2.28. The number of para-hydroxylation sites is 2. The lowest BCUT2D eigenvalue weighted by molar-refractivity contribution is -0.116. The van der Waals surface area contributed by atoms with Crippen LogP contribution >= 0.6 is 23.1 Å². The lowest BCUT2D eigenvalue weighted by Crippen LogP contribution is -2.21. The second-order valence-electron chi connectivity index (χ2n) is 7.15. The van der Waals surface area contributed by atoms with Gasteiger partial charge in [0, 0.05) is 16.5 Å². The van der Waals surface area contributed by atoms with E-state index in [1.165, 1.54) is 16.9 Å². The Morgan fingerprint density at radius 2 is 1.50 bits per heavy atom. The number of thioether (sulfide) groups is 1. The van der Waals surface area contributed by atoms with Crippen LogP contribution in [0.1, 0.15) is 5.56 Å². The lowest BCUT2D eigenvalue weighted by atomic mass is 10.1. The summed E-state index contributed by atoms with van der Waals surface area (Å²) in [5.74, 6) is 0.568. The second kappa shape index (κ2) is 8.94. The third-order valence-corrected chi connectivity index (χ3v) is 7.08. The summed E-state index contributed by atoms with van der Waals surface area (Å²) < 4.78 is 2.66. The quantitative estimate of drug-likeness (QED) is 0.222. The van der Waals surface area contributed by atoms with Gasteiger partial charge < -0.3 is 4.57 Å². The van der Waals surface area contributed by atoms with Crippen molar-refractivity contribution in [1.82, 2.24) is 14.8 Å². The molecule has 8 heteroatoms. The van der Waals surface area contributed by atoms with Gasteiger partial charge in [-0.15, -0.1) is 10.2 Å². The summed E-state index contributed by atoms with van der Waals surface area (Å²) in [5, 5.41) is 12.8. The number of amides is 1. The summed E-state index contributed by atoms with van der Waals surface area (Å²) >= 11 is 2.93. The highest BCUT2D eigenvalue weighted by molar-refractivity contribution is 8.00. The second-order valence-corrected chi connectivity index (χ2v) is 9.35. The highest BCUT2D eigenvalue weighted by Gasteiger charge is 2.14. The largest absolute Gasteiger partial charge is 0.331 e. The summed E-state index contributed by atoms with van der Waals surface area (Å²) in [7, 11) is 0. The minimum absolute atomic E-state index is 0.0305. The van der Waals surface area contributed by atoms with Crippen molar-refractivity contribution in [3.8, 4) is 0 Å². The van der Waals surface area contributed by atoms with Crippen LogP contribution in [0.15, 0.2) is 88.0 Å². The molecule has 5 aromatic rings. The number of benzene rings is 3. The Morgan fingerprint density at radius 1 is 0.875 bits per heavy atom. The molecule has 3 aromatic carbocycles. The number of carbonyl (C=O) groups excluding carboxylic acids is 1. The van der Waals surface area contributed by atoms with E-state index in [1.807, 2.05) is 59.2 Å². The number of hydrogen-bond acceptors (Lipinski definition) is 6. The van der Waals surface area contributed by atoms with Gasteiger partial charge in [0.15, 0.2) is 9.77 Å². The molecule has 0 atom stereocenters. The van der Waals surface area contributed by atoms with Crippen LogP contribution in [0, 0.1) is 0 Å². The number of aromatic nitrogens is 3. The van der Waals surface area contributed by atoms with Gasteiger partial charge >= 0.3 is 0 Å².